The van der Waals surface area contributed by atoms with Crippen LogP contribution < -0.4 is 10.1 Å². The molecule has 5 heteroatoms. The van der Waals surface area contributed by atoms with Crippen LogP contribution in [0.5, 0.6) is 5.75 Å². The van der Waals surface area contributed by atoms with E-state index in [1.54, 1.807) is 7.11 Å². The minimum absolute atomic E-state index is 0.0885. The number of benzene rings is 2. The molecular weight excluding hydrogens is 340 g/mol. The molecule has 1 aliphatic rings. The molecule has 3 rings (SSSR count). The monoisotopic (exact) mass is 368 g/mol. The van der Waals surface area contributed by atoms with Crippen LogP contribution >= 0.6 is 0 Å². The van der Waals surface area contributed by atoms with Crippen molar-refractivity contribution in [1.82, 2.24) is 10.2 Å². The summed E-state index contributed by atoms with van der Waals surface area (Å²) in [5, 5.41) is 3.12. The lowest BCUT2D eigenvalue weighted by molar-refractivity contribution is -0.121. The average molecular weight is 368 g/mol. The number of nitrogens with one attached hydrogen (secondary N) is 1. The molecule has 1 atom stereocenters. The van der Waals surface area contributed by atoms with Gasteiger partial charge in [-0.1, -0.05) is 42.5 Å². The fourth-order valence-electron chi connectivity index (χ4n) is 3.37. The summed E-state index contributed by atoms with van der Waals surface area (Å²) >= 11 is 0. The van der Waals surface area contributed by atoms with Crippen LogP contribution in [0.1, 0.15) is 23.6 Å². The number of hydrogen-bond acceptors (Lipinski definition) is 4. The summed E-state index contributed by atoms with van der Waals surface area (Å²) < 4.78 is 10.7. The van der Waals surface area contributed by atoms with E-state index >= 15 is 0 Å². The number of rotatable bonds is 8. The third-order valence-corrected chi connectivity index (χ3v) is 4.96. The standard InChI is InChI=1S/C22H28N2O3/c1-26-20-10-8-19(9-11-20)21(24-13-15-27-16-14-24)17-23-22(25)12-7-18-5-3-2-4-6-18/h2-6,8-11,21H,7,12-17H2,1H3,(H,23,25)/t21-/m0/s1. The quantitative estimate of drug-likeness (QED) is 0.778. The molecule has 144 valence electrons. The Morgan fingerprint density at radius 1 is 1.11 bits per heavy atom. The molecule has 1 saturated heterocycles. The summed E-state index contributed by atoms with van der Waals surface area (Å²) in [4.78, 5) is 14.7. The molecule has 2 aromatic rings. The Balaban J connectivity index is 1.59. The van der Waals surface area contributed by atoms with E-state index in [2.05, 4.69) is 34.5 Å². The Hall–Kier alpha value is -2.37. The number of carbonyl (C=O) groups is 1. The number of aryl methyl sites for hydroxylation is 1. The first-order chi connectivity index (χ1) is 13.3. The maximum atomic E-state index is 12.4. The van der Waals surface area contributed by atoms with Crippen molar-refractivity contribution >= 4 is 5.91 Å². The SMILES string of the molecule is COc1ccc([C@H](CNC(=O)CCc2ccccc2)N2CCOCC2)cc1. The zero-order valence-electron chi connectivity index (χ0n) is 15.9. The van der Waals surface area contributed by atoms with Crippen molar-refractivity contribution in [2.75, 3.05) is 40.0 Å². The van der Waals surface area contributed by atoms with E-state index in [-0.39, 0.29) is 11.9 Å². The van der Waals surface area contributed by atoms with Gasteiger partial charge in [0, 0.05) is 26.1 Å². The van der Waals surface area contributed by atoms with Crippen molar-refractivity contribution < 1.29 is 14.3 Å². The number of carbonyl (C=O) groups excluding carboxylic acids is 1. The lowest BCUT2D eigenvalue weighted by Crippen LogP contribution is -2.43. The van der Waals surface area contributed by atoms with Gasteiger partial charge in [-0.3, -0.25) is 9.69 Å². The van der Waals surface area contributed by atoms with Gasteiger partial charge in [0.05, 0.1) is 26.4 Å². The van der Waals surface area contributed by atoms with Crippen molar-refractivity contribution in [3.05, 3.63) is 65.7 Å². The number of nitrogens with zero attached hydrogens (tertiary/aromatic N) is 1. The summed E-state index contributed by atoms with van der Waals surface area (Å²) in [5.74, 6) is 0.928. The van der Waals surface area contributed by atoms with Crippen molar-refractivity contribution in [1.29, 1.82) is 0 Å². The van der Waals surface area contributed by atoms with Crippen LogP contribution in [0.3, 0.4) is 0 Å². The fraction of sp³-hybridized carbons (Fsp3) is 0.409. The minimum atomic E-state index is 0.0885. The van der Waals surface area contributed by atoms with Crippen molar-refractivity contribution in [2.24, 2.45) is 0 Å². The Kier molecular flexibility index (Phi) is 7.25. The van der Waals surface area contributed by atoms with Crippen molar-refractivity contribution in [2.45, 2.75) is 18.9 Å². The first-order valence-electron chi connectivity index (χ1n) is 9.52. The molecule has 1 N–H and O–H groups in total. The lowest BCUT2D eigenvalue weighted by Gasteiger charge is -2.35. The summed E-state index contributed by atoms with van der Waals surface area (Å²) in [6, 6.07) is 18.4. The first-order valence-corrected chi connectivity index (χ1v) is 9.52. The Morgan fingerprint density at radius 3 is 2.48 bits per heavy atom. The molecule has 1 fully saturated rings. The van der Waals surface area contributed by atoms with Gasteiger partial charge in [-0.15, -0.1) is 0 Å². The van der Waals surface area contributed by atoms with Crippen LogP contribution in [0.2, 0.25) is 0 Å². The first kappa shape index (κ1) is 19.4. The normalized spacial score (nSPS) is 15.9. The van der Waals surface area contributed by atoms with Crippen LogP contribution in [0.15, 0.2) is 54.6 Å². The van der Waals surface area contributed by atoms with E-state index in [1.807, 2.05) is 30.3 Å². The average Bonchev–Trinajstić information content (AvgIpc) is 2.74. The van der Waals surface area contributed by atoms with Crippen LogP contribution in [0.25, 0.3) is 0 Å². The Bertz CT molecular complexity index is 697. The highest BCUT2D eigenvalue weighted by molar-refractivity contribution is 5.76. The van der Waals surface area contributed by atoms with E-state index in [0.717, 1.165) is 38.5 Å². The van der Waals surface area contributed by atoms with E-state index in [4.69, 9.17) is 9.47 Å². The molecule has 1 amide bonds. The highest BCUT2D eigenvalue weighted by atomic mass is 16.5. The molecule has 1 aliphatic heterocycles. The van der Waals surface area contributed by atoms with E-state index in [1.165, 1.54) is 11.1 Å². The molecular formula is C22H28N2O3. The number of ether oxygens (including phenoxy) is 2. The smallest absolute Gasteiger partial charge is 0.220 e. The molecule has 5 nitrogen and oxygen atoms in total. The van der Waals surface area contributed by atoms with Crippen LogP contribution in [0.4, 0.5) is 0 Å². The highest BCUT2D eigenvalue weighted by Gasteiger charge is 2.23. The number of morpholine rings is 1. The molecule has 2 aromatic carbocycles. The molecule has 0 unspecified atom stereocenters. The van der Waals surface area contributed by atoms with E-state index < -0.39 is 0 Å². The summed E-state index contributed by atoms with van der Waals surface area (Å²) in [6.45, 7) is 3.80. The topological polar surface area (TPSA) is 50.8 Å². The predicted octanol–water partition coefficient (Wildman–Crippen LogP) is 2.82. The van der Waals surface area contributed by atoms with Gasteiger partial charge >= 0.3 is 0 Å². The number of hydrogen-bond donors (Lipinski definition) is 1. The van der Waals surface area contributed by atoms with Gasteiger partial charge < -0.3 is 14.8 Å². The molecule has 0 saturated carbocycles. The molecule has 1 heterocycles. The third-order valence-electron chi connectivity index (χ3n) is 4.96. The summed E-state index contributed by atoms with van der Waals surface area (Å²) in [6.07, 6.45) is 1.26. The largest absolute Gasteiger partial charge is 0.497 e. The Morgan fingerprint density at radius 2 is 1.81 bits per heavy atom. The second-order valence-electron chi connectivity index (χ2n) is 6.73. The molecule has 0 bridgehead atoms. The summed E-state index contributed by atoms with van der Waals surface area (Å²) in [7, 11) is 1.67. The highest BCUT2D eigenvalue weighted by Crippen LogP contribution is 2.23. The fourth-order valence-corrected chi connectivity index (χ4v) is 3.37. The van der Waals surface area contributed by atoms with Gasteiger partial charge in [0.1, 0.15) is 5.75 Å². The van der Waals surface area contributed by atoms with Crippen LogP contribution in [-0.4, -0.2) is 50.8 Å². The Labute approximate surface area is 161 Å². The van der Waals surface area contributed by atoms with Gasteiger partial charge in [0.2, 0.25) is 5.91 Å². The number of methoxy groups -OCH3 is 1. The molecule has 27 heavy (non-hydrogen) atoms. The van der Waals surface area contributed by atoms with Crippen molar-refractivity contribution in [3.63, 3.8) is 0 Å². The van der Waals surface area contributed by atoms with Crippen molar-refractivity contribution in [3.8, 4) is 5.75 Å². The van der Waals surface area contributed by atoms with Crippen LogP contribution in [0, 0.1) is 0 Å². The molecule has 0 radical (unpaired) electrons. The van der Waals surface area contributed by atoms with Gasteiger partial charge in [-0.05, 0) is 29.7 Å². The molecule has 0 aliphatic carbocycles. The predicted molar refractivity (Wildman–Crippen MR) is 106 cm³/mol. The van der Waals surface area contributed by atoms with Gasteiger partial charge in [-0.25, -0.2) is 0 Å². The van der Waals surface area contributed by atoms with Gasteiger partial charge in [-0.2, -0.15) is 0 Å². The maximum absolute atomic E-state index is 12.4. The molecule has 0 spiro atoms. The van der Waals surface area contributed by atoms with Gasteiger partial charge in [0.15, 0.2) is 0 Å². The minimum Gasteiger partial charge on any atom is -0.497 e. The van der Waals surface area contributed by atoms with Crippen LogP contribution in [-0.2, 0) is 16.0 Å². The van der Waals surface area contributed by atoms with E-state index in [9.17, 15) is 4.79 Å². The zero-order chi connectivity index (χ0) is 18.9. The lowest BCUT2D eigenvalue weighted by atomic mass is 10.0. The van der Waals surface area contributed by atoms with Gasteiger partial charge in [0.25, 0.3) is 0 Å². The molecule has 0 aromatic heterocycles. The zero-order valence-corrected chi connectivity index (χ0v) is 15.9. The number of amides is 1. The second kappa shape index (κ2) is 10.1. The summed E-state index contributed by atoms with van der Waals surface area (Å²) in [5.41, 5.74) is 2.37. The van der Waals surface area contributed by atoms with E-state index in [0.29, 0.717) is 13.0 Å². The maximum Gasteiger partial charge on any atom is 0.220 e. The third kappa shape index (κ3) is 5.81. The second-order valence-corrected chi connectivity index (χ2v) is 6.73.